The number of esters is 1. The van der Waals surface area contributed by atoms with Crippen molar-refractivity contribution in [3.63, 3.8) is 0 Å². The van der Waals surface area contributed by atoms with Crippen LogP contribution < -0.4 is 4.74 Å². The lowest BCUT2D eigenvalue weighted by Gasteiger charge is -2.29. The van der Waals surface area contributed by atoms with Gasteiger partial charge in [-0.1, -0.05) is 18.2 Å². The molecule has 0 spiro atoms. The average molecular weight is 319 g/mol. The predicted octanol–water partition coefficient (Wildman–Crippen LogP) is 1.22. The maximum atomic E-state index is 12.3. The number of nitrogens with zero attached hydrogens (tertiary/aromatic N) is 1. The van der Waals surface area contributed by atoms with Crippen molar-refractivity contribution in [3.05, 3.63) is 29.8 Å². The van der Waals surface area contributed by atoms with Crippen molar-refractivity contribution in [1.82, 2.24) is 4.90 Å². The third-order valence-electron chi connectivity index (χ3n) is 4.06. The fourth-order valence-corrected chi connectivity index (χ4v) is 2.74. The quantitative estimate of drug-likeness (QED) is 0.603. The first-order valence-corrected chi connectivity index (χ1v) is 7.57. The highest BCUT2D eigenvalue weighted by Crippen LogP contribution is 2.20. The number of benzene rings is 1. The van der Waals surface area contributed by atoms with Gasteiger partial charge in [0.15, 0.2) is 5.78 Å². The summed E-state index contributed by atoms with van der Waals surface area (Å²) >= 11 is 0. The van der Waals surface area contributed by atoms with E-state index in [0.717, 1.165) is 11.3 Å². The number of hydrogen-bond donors (Lipinski definition) is 0. The van der Waals surface area contributed by atoms with Crippen LogP contribution in [0, 0.1) is 5.92 Å². The molecular weight excluding hydrogens is 298 g/mol. The highest BCUT2D eigenvalue weighted by atomic mass is 16.5. The van der Waals surface area contributed by atoms with Gasteiger partial charge in [0.05, 0.1) is 20.8 Å². The Morgan fingerprint density at radius 1 is 1.26 bits per heavy atom. The molecule has 1 aromatic carbocycles. The van der Waals surface area contributed by atoms with Crippen molar-refractivity contribution in [3.8, 4) is 5.75 Å². The average Bonchev–Trinajstić information content (AvgIpc) is 2.59. The molecule has 0 aliphatic carbocycles. The molecule has 0 aromatic heterocycles. The van der Waals surface area contributed by atoms with Crippen LogP contribution in [0.2, 0.25) is 0 Å². The molecule has 0 N–H and O–H groups in total. The number of aryl methyl sites for hydroxylation is 1. The number of Topliss-reactive ketones (excluding diaryl/α,β-unsaturated/α-hetero) is 1. The minimum Gasteiger partial charge on any atom is -0.496 e. The molecule has 1 heterocycles. The van der Waals surface area contributed by atoms with Gasteiger partial charge in [-0.05, 0) is 24.5 Å². The van der Waals surface area contributed by atoms with E-state index in [9.17, 15) is 14.4 Å². The Balaban J connectivity index is 1.90. The third-order valence-corrected chi connectivity index (χ3v) is 4.06. The number of carbonyl (C=O) groups is 3. The topological polar surface area (TPSA) is 72.9 Å². The summed E-state index contributed by atoms with van der Waals surface area (Å²) in [5.41, 5.74) is 0.958. The summed E-state index contributed by atoms with van der Waals surface area (Å²) in [6, 6.07) is 7.54. The summed E-state index contributed by atoms with van der Waals surface area (Å²) in [6.45, 7) is 0.376. The molecule has 1 amide bonds. The molecule has 1 atom stereocenters. The standard InChI is InChI=1S/C17H21NO5/c1-22-15-6-4-3-5-12(15)7-8-16(20)18-10-9-13(14(19)11-18)17(21)23-2/h3-6,13H,7-11H2,1-2H3. The largest absolute Gasteiger partial charge is 0.496 e. The normalized spacial score (nSPS) is 17.7. The second-order valence-corrected chi connectivity index (χ2v) is 5.46. The summed E-state index contributed by atoms with van der Waals surface area (Å²) in [6.07, 6.45) is 1.18. The molecule has 1 aliphatic heterocycles. The highest BCUT2D eigenvalue weighted by molar-refractivity contribution is 6.01. The lowest BCUT2D eigenvalue weighted by atomic mass is 9.95. The molecule has 0 radical (unpaired) electrons. The number of ketones is 1. The van der Waals surface area contributed by atoms with Gasteiger partial charge >= 0.3 is 5.97 Å². The first-order chi connectivity index (χ1) is 11.1. The number of carbonyl (C=O) groups excluding carboxylic acids is 3. The van der Waals surface area contributed by atoms with E-state index >= 15 is 0 Å². The number of likely N-dealkylation sites (tertiary alicyclic amines) is 1. The van der Waals surface area contributed by atoms with Crippen LogP contribution in [-0.2, 0) is 25.5 Å². The van der Waals surface area contributed by atoms with Gasteiger partial charge in [-0.3, -0.25) is 14.4 Å². The van der Waals surface area contributed by atoms with Crippen LogP contribution in [0.4, 0.5) is 0 Å². The number of para-hydroxylation sites is 1. The fourth-order valence-electron chi connectivity index (χ4n) is 2.74. The van der Waals surface area contributed by atoms with Crippen LogP contribution in [0.3, 0.4) is 0 Å². The lowest BCUT2D eigenvalue weighted by Crippen LogP contribution is -2.46. The number of rotatable bonds is 5. The Labute approximate surface area is 135 Å². The van der Waals surface area contributed by atoms with Gasteiger partial charge < -0.3 is 14.4 Å². The van der Waals surface area contributed by atoms with Crippen molar-refractivity contribution in [2.75, 3.05) is 27.3 Å². The van der Waals surface area contributed by atoms with Crippen LogP contribution >= 0.6 is 0 Å². The highest BCUT2D eigenvalue weighted by Gasteiger charge is 2.34. The molecule has 0 saturated carbocycles. The van der Waals surface area contributed by atoms with Crippen molar-refractivity contribution >= 4 is 17.7 Å². The van der Waals surface area contributed by atoms with E-state index in [4.69, 9.17) is 4.74 Å². The van der Waals surface area contributed by atoms with E-state index < -0.39 is 11.9 Å². The van der Waals surface area contributed by atoms with Gasteiger partial charge in [0.2, 0.25) is 5.91 Å². The van der Waals surface area contributed by atoms with Crippen LogP contribution in [0.1, 0.15) is 18.4 Å². The predicted molar refractivity (Wildman–Crippen MR) is 83.0 cm³/mol. The summed E-state index contributed by atoms with van der Waals surface area (Å²) < 4.78 is 9.87. The third kappa shape index (κ3) is 4.09. The first-order valence-electron chi connectivity index (χ1n) is 7.57. The van der Waals surface area contributed by atoms with E-state index in [1.165, 1.54) is 12.0 Å². The maximum absolute atomic E-state index is 12.3. The Morgan fingerprint density at radius 3 is 2.65 bits per heavy atom. The smallest absolute Gasteiger partial charge is 0.316 e. The van der Waals surface area contributed by atoms with Gasteiger partial charge in [0.1, 0.15) is 11.7 Å². The molecule has 23 heavy (non-hydrogen) atoms. The Morgan fingerprint density at radius 2 is 2.00 bits per heavy atom. The molecule has 1 aromatic rings. The van der Waals surface area contributed by atoms with Gasteiger partial charge in [-0.15, -0.1) is 0 Å². The fraction of sp³-hybridized carbons (Fsp3) is 0.471. The van der Waals surface area contributed by atoms with Crippen LogP contribution in [0.5, 0.6) is 5.75 Å². The number of methoxy groups -OCH3 is 2. The maximum Gasteiger partial charge on any atom is 0.316 e. The minimum absolute atomic E-state index is 0.0233. The van der Waals surface area contributed by atoms with Crippen molar-refractivity contribution in [2.24, 2.45) is 5.92 Å². The van der Waals surface area contributed by atoms with Crippen LogP contribution in [0.15, 0.2) is 24.3 Å². The van der Waals surface area contributed by atoms with Gasteiger partial charge in [-0.25, -0.2) is 0 Å². The molecule has 6 heteroatoms. The molecule has 124 valence electrons. The zero-order valence-corrected chi connectivity index (χ0v) is 13.4. The second kappa shape index (κ2) is 7.76. The summed E-state index contributed by atoms with van der Waals surface area (Å²) in [5.74, 6) is -0.850. The molecule has 1 fully saturated rings. The molecule has 0 bridgehead atoms. The SMILES string of the molecule is COC(=O)C1CCN(C(=O)CCc2ccccc2OC)CC1=O. The monoisotopic (exact) mass is 319 g/mol. The number of ether oxygens (including phenoxy) is 2. The Hall–Kier alpha value is -2.37. The first kappa shape index (κ1) is 17.0. The molecule has 1 saturated heterocycles. The number of amides is 1. The van der Waals surface area contributed by atoms with E-state index in [1.807, 2.05) is 24.3 Å². The molecule has 2 rings (SSSR count). The Kier molecular flexibility index (Phi) is 5.73. The molecule has 1 aliphatic rings. The number of hydrogen-bond acceptors (Lipinski definition) is 5. The second-order valence-electron chi connectivity index (χ2n) is 5.46. The van der Waals surface area contributed by atoms with E-state index in [-0.39, 0.29) is 18.2 Å². The summed E-state index contributed by atoms with van der Waals surface area (Å²) in [4.78, 5) is 37.2. The summed E-state index contributed by atoms with van der Waals surface area (Å²) in [7, 11) is 2.86. The molecule has 1 unspecified atom stereocenters. The van der Waals surface area contributed by atoms with E-state index in [1.54, 1.807) is 7.11 Å². The van der Waals surface area contributed by atoms with Gasteiger partial charge in [0.25, 0.3) is 0 Å². The lowest BCUT2D eigenvalue weighted by molar-refractivity contribution is -0.154. The van der Waals surface area contributed by atoms with E-state index in [0.29, 0.717) is 25.8 Å². The summed E-state index contributed by atoms with van der Waals surface area (Å²) in [5, 5.41) is 0. The zero-order valence-electron chi connectivity index (χ0n) is 13.4. The Bertz CT molecular complexity index is 598. The molecular formula is C17H21NO5. The molecule has 6 nitrogen and oxygen atoms in total. The van der Waals surface area contributed by atoms with Gasteiger partial charge in [0, 0.05) is 13.0 Å². The van der Waals surface area contributed by atoms with Crippen LogP contribution in [-0.4, -0.2) is 49.9 Å². The van der Waals surface area contributed by atoms with E-state index in [2.05, 4.69) is 4.74 Å². The number of piperidine rings is 1. The van der Waals surface area contributed by atoms with Crippen molar-refractivity contribution in [1.29, 1.82) is 0 Å². The van der Waals surface area contributed by atoms with Crippen LogP contribution in [0.25, 0.3) is 0 Å². The van der Waals surface area contributed by atoms with Gasteiger partial charge in [-0.2, -0.15) is 0 Å². The van der Waals surface area contributed by atoms with Crippen molar-refractivity contribution < 1.29 is 23.9 Å². The minimum atomic E-state index is -0.738. The van der Waals surface area contributed by atoms with Crippen molar-refractivity contribution in [2.45, 2.75) is 19.3 Å². The zero-order chi connectivity index (χ0) is 16.8.